The number of halogens is 1. The first-order chi connectivity index (χ1) is 15.1. The van der Waals surface area contributed by atoms with Crippen LogP contribution in [0.2, 0.25) is 0 Å². The quantitative estimate of drug-likeness (QED) is 0.681. The fourth-order valence-electron chi connectivity index (χ4n) is 4.13. The molecule has 0 aromatic heterocycles. The van der Waals surface area contributed by atoms with E-state index in [0.717, 1.165) is 5.57 Å². The standard InChI is InChI=1S/C20H20FN3O6S2/c21-19-16-9-13(12-5-7-23(8-6-12)31(27,28)15-3-4-15)1-2-14(16)10-17(25)20(19)24-11-18(26)22-32(24,29)30/h1-2,5,9-10,15,25H,3-4,6-8,11H2,(H,22,26). The molecule has 2 aromatic carbocycles. The molecule has 12 heteroatoms. The van der Waals surface area contributed by atoms with Crippen LogP contribution in [-0.4, -0.2) is 57.0 Å². The Morgan fingerprint density at radius 1 is 1.19 bits per heavy atom. The minimum Gasteiger partial charge on any atom is -0.506 e. The molecule has 3 aliphatic rings. The summed E-state index contributed by atoms with van der Waals surface area (Å²) in [5.74, 6) is -2.38. The number of aromatic hydroxyl groups is 1. The molecule has 0 spiro atoms. The average Bonchev–Trinajstić information content (AvgIpc) is 3.55. The van der Waals surface area contributed by atoms with Crippen LogP contribution in [0.1, 0.15) is 24.8 Å². The molecular formula is C20H20FN3O6S2. The van der Waals surface area contributed by atoms with Crippen molar-refractivity contribution in [3.05, 3.63) is 41.7 Å². The molecule has 2 fully saturated rings. The zero-order valence-electron chi connectivity index (χ0n) is 16.8. The number of hydrogen-bond donors (Lipinski definition) is 2. The second kappa shape index (κ2) is 7.15. The lowest BCUT2D eigenvalue weighted by molar-refractivity contribution is -0.117. The number of rotatable bonds is 4. The lowest BCUT2D eigenvalue weighted by Gasteiger charge is -2.26. The van der Waals surface area contributed by atoms with Gasteiger partial charge in [-0.1, -0.05) is 18.2 Å². The monoisotopic (exact) mass is 481 g/mol. The number of phenolic OH excluding ortho intramolecular Hbond substituents is 1. The predicted molar refractivity (Wildman–Crippen MR) is 116 cm³/mol. The summed E-state index contributed by atoms with van der Waals surface area (Å²) in [6.07, 6.45) is 3.66. The van der Waals surface area contributed by atoms with Gasteiger partial charge in [0.15, 0.2) is 5.82 Å². The molecule has 5 rings (SSSR count). The van der Waals surface area contributed by atoms with Crippen LogP contribution in [0.3, 0.4) is 0 Å². The van der Waals surface area contributed by atoms with Crippen LogP contribution >= 0.6 is 0 Å². The van der Waals surface area contributed by atoms with Gasteiger partial charge < -0.3 is 5.11 Å². The van der Waals surface area contributed by atoms with Crippen LogP contribution in [0.4, 0.5) is 10.1 Å². The highest BCUT2D eigenvalue weighted by molar-refractivity contribution is 7.92. The fraction of sp³-hybridized carbons (Fsp3) is 0.350. The van der Waals surface area contributed by atoms with Gasteiger partial charge in [0.05, 0.1) is 5.25 Å². The van der Waals surface area contributed by atoms with Gasteiger partial charge in [-0.15, -0.1) is 0 Å². The van der Waals surface area contributed by atoms with E-state index in [0.29, 0.717) is 41.1 Å². The van der Waals surface area contributed by atoms with Crippen molar-refractivity contribution in [1.29, 1.82) is 0 Å². The second-order valence-corrected chi connectivity index (χ2v) is 11.9. The van der Waals surface area contributed by atoms with Gasteiger partial charge in [0.25, 0.3) is 5.91 Å². The molecule has 1 saturated carbocycles. The number of hydrogen-bond acceptors (Lipinski definition) is 6. The molecule has 2 heterocycles. The Morgan fingerprint density at radius 3 is 2.53 bits per heavy atom. The van der Waals surface area contributed by atoms with Gasteiger partial charge in [-0.05, 0) is 47.9 Å². The van der Waals surface area contributed by atoms with E-state index in [4.69, 9.17) is 0 Å². The summed E-state index contributed by atoms with van der Waals surface area (Å²) in [4.78, 5) is 11.5. The molecule has 0 bridgehead atoms. The zero-order valence-corrected chi connectivity index (χ0v) is 18.4. The van der Waals surface area contributed by atoms with Crippen LogP contribution in [0.15, 0.2) is 30.3 Å². The lowest BCUT2D eigenvalue weighted by Crippen LogP contribution is -2.36. The molecule has 0 unspecified atom stereocenters. The molecule has 2 aliphatic heterocycles. The van der Waals surface area contributed by atoms with Crippen LogP contribution in [0.25, 0.3) is 16.3 Å². The van der Waals surface area contributed by atoms with Crippen LogP contribution in [0, 0.1) is 5.82 Å². The Balaban J connectivity index is 1.52. The van der Waals surface area contributed by atoms with Crippen molar-refractivity contribution in [1.82, 2.24) is 9.03 Å². The number of carbonyl (C=O) groups excluding carboxylic acids is 1. The maximum atomic E-state index is 15.4. The average molecular weight is 482 g/mol. The smallest absolute Gasteiger partial charge is 0.326 e. The van der Waals surface area contributed by atoms with Gasteiger partial charge in [-0.25, -0.2) is 21.8 Å². The third-order valence-corrected chi connectivity index (χ3v) is 9.69. The summed E-state index contributed by atoms with van der Waals surface area (Å²) in [6.45, 7) is -0.0460. The third-order valence-electron chi connectivity index (χ3n) is 5.95. The van der Waals surface area contributed by atoms with Gasteiger partial charge in [-0.2, -0.15) is 12.7 Å². The number of fused-ring (bicyclic) bond motifs is 1. The van der Waals surface area contributed by atoms with Gasteiger partial charge in [0, 0.05) is 18.5 Å². The summed E-state index contributed by atoms with van der Waals surface area (Å²) in [5.41, 5.74) is 0.941. The Bertz CT molecular complexity index is 1400. The first kappa shape index (κ1) is 21.2. The number of sulfonamides is 1. The summed E-state index contributed by atoms with van der Waals surface area (Å²) in [5, 5.41) is 10.4. The van der Waals surface area contributed by atoms with Gasteiger partial charge in [0.2, 0.25) is 10.0 Å². The highest BCUT2D eigenvalue weighted by Crippen LogP contribution is 2.40. The molecule has 1 aliphatic carbocycles. The molecule has 1 saturated heterocycles. The fourth-order valence-corrected chi connectivity index (χ4v) is 7.08. The Labute approximate surface area is 184 Å². The van der Waals surface area contributed by atoms with Crippen molar-refractivity contribution in [2.45, 2.75) is 24.5 Å². The van der Waals surface area contributed by atoms with Crippen molar-refractivity contribution in [2.75, 3.05) is 23.9 Å². The predicted octanol–water partition coefficient (Wildman–Crippen LogP) is 1.45. The number of anilines is 1. The van der Waals surface area contributed by atoms with Crippen LogP contribution in [-0.2, 0) is 25.0 Å². The molecular weight excluding hydrogens is 461 g/mol. The number of amides is 1. The van der Waals surface area contributed by atoms with Crippen LogP contribution in [0.5, 0.6) is 5.75 Å². The van der Waals surface area contributed by atoms with E-state index in [2.05, 4.69) is 0 Å². The first-order valence-corrected chi connectivity index (χ1v) is 13.0. The number of nitrogens with zero attached hydrogens (tertiary/aromatic N) is 2. The molecule has 0 radical (unpaired) electrons. The number of carbonyl (C=O) groups is 1. The minimum atomic E-state index is -4.30. The van der Waals surface area contributed by atoms with Gasteiger partial charge >= 0.3 is 10.2 Å². The summed E-state index contributed by atoms with van der Waals surface area (Å²) < 4.78 is 68.3. The van der Waals surface area contributed by atoms with Crippen molar-refractivity contribution >= 4 is 48.2 Å². The largest absolute Gasteiger partial charge is 0.506 e. The Kier molecular flexibility index (Phi) is 4.73. The van der Waals surface area contributed by atoms with Gasteiger partial charge in [0.1, 0.15) is 18.0 Å². The Morgan fingerprint density at radius 2 is 1.94 bits per heavy atom. The zero-order chi connectivity index (χ0) is 22.8. The van der Waals surface area contributed by atoms with E-state index in [-0.39, 0.29) is 17.2 Å². The maximum absolute atomic E-state index is 15.4. The molecule has 1 amide bonds. The molecule has 9 nitrogen and oxygen atoms in total. The Hall–Kier alpha value is -2.70. The van der Waals surface area contributed by atoms with Gasteiger partial charge in [-0.3, -0.25) is 4.79 Å². The molecule has 170 valence electrons. The van der Waals surface area contributed by atoms with E-state index in [1.165, 1.54) is 10.4 Å². The van der Waals surface area contributed by atoms with Crippen molar-refractivity contribution < 1.29 is 31.1 Å². The topological polar surface area (TPSA) is 124 Å². The van der Waals surface area contributed by atoms with Crippen molar-refractivity contribution in [3.8, 4) is 5.75 Å². The number of nitrogens with one attached hydrogen (secondary N) is 1. The van der Waals surface area contributed by atoms with E-state index in [1.54, 1.807) is 29.0 Å². The van der Waals surface area contributed by atoms with E-state index < -0.39 is 49.9 Å². The summed E-state index contributed by atoms with van der Waals surface area (Å²) >= 11 is 0. The highest BCUT2D eigenvalue weighted by atomic mass is 32.2. The van der Waals surface area contributed by atoms with Crippen LogP contribution < -0.4 is 9.03 Å². The molecule has 2 N–H and O–H groups in total. The second-order valence-electron chi connectivity index (χ2n) is 8.11. The highest BCUT2D eigenvalue weighted by Gasteiger charge is 2.40. The molecule has 32 heavy (non-hydrogen) atoms. The first-order valence-electron chi connectivity index (χ1n) is 10.0. The molecule has 0 atom stereocenters. The van der Waals surface area contributed by atoms with E-state index in [9.17, 15) is 26.7 Å². The SMILES string of the molecule is O=C1CN(c2c(O)cc3ccc(C4=CCN(S(=O)(=O)C5CC5)CC4)cc3c2F)S(=O)(=O)N1. The third kappa shape index (κ3) is 3.42. The van der Waals surface area contributed by atoms with Crippen molar-refractivity contribution in [2.24, 2.45) is 0 Å². The summed E-state index contributed by atoms with van der Waals surface area (Å²) in [7, 11) is -7.56. The minimum absolute atomic E-state index is 0.0822. The lowest BCUT2D eigenvalue weighted by atomic mass is 9.96. The number of benzene rings is 2. The molecule has 2 aromatic rings. The van der Waals surface area contributed by atoms with E-state index >= 15 is 4.39 Å². The normalized spacial score (nSPS) is 21.6. The summed E-state index contributed by atoms with van der Waals surface area (Å²) in [6, 6.07) is 6.14. The van der Waals surface area contributed by atoms with Crippen molar-refractivity contribution in [3.63, 3.8) is 0 Å². The maximum Gasteiger partial charge on any atom is 0.326 e. The van der Waals surface area contributed by atoms with E-state index in [1.807, 2.05) is 0 Å². The number of phenols is 1.